The molecule has 0 saturated carbocycles. The van der Waals surface area contributed by atoms with Crippen molar-refractivity contribution in [2.75, 3.05) is 0 Å². The molecular weight excluding hydrogens is 158 g/mol. The summed E-state index contributed by atoms with van der Waals surface area (Å²) < 4.78 is 4.29. The first-order valence-corrected chi connectivity index (χ1v) is 3.28. The lowest BCUT2D eigenvalue weighted by Crippen LogP contribution is -1.76. The molecule has 2 heterocycles. The van der Waals surface area contributed by atoms with Crippen LogP contribution in [0.2, 0.25) is 0 Å². The fourth-order valence-electron chi connectivity index (χ4n) is 0.724. The van der Waals surface area contributed by atoms with Gasteiger partial charge < -0.3 is 4.98 Å². The number of hydrogen-bond donors (Lipinski definition) is 1. The van der Waals surface area contributed by atoms with Crippen molar-refractivity contribution in [3.8, 4) is 0 Å². The van der Waals surface area contributed by atoms with Crippen molar-refractivity contribution in [2.45, 2.75) is 0 Å². The Kier molecular flexibility index (Phi) is 1.65. The van der Waals surface area contributed by atoms with Crippen LogP contribution in [0, 0.1) is 0 Å². The fraction of sp³-hybridized carbons (Fsp3) is 0. The summed E-state index contributed by atoms with van der Waals surface area (Å²) in [5.74, 6) is 1.16. The Balaban J connectivity index is 2.14. The Hall–Kier alpha value is -1.98. The predicted octanol–water partition coefficient (Wildman–Crippen LogP) is 0.358. The largest absolute Gasteiger partial charge is 0.345 e. The molecular formula is C6H5N5O. The lowest BCUT2D eigenvalue weighted by Gasteiger charge is -1.79. The van der Waals surface area contributed by atoms with Crippen LogP contribution in [0.3, 0.4) is 0 Å². The molecule has 1 N–H and O–H groups in total. The van der Waals surface area contributed by atoms with Gasteiger partial charge in [0.2, 0.25) is 5.82 Å². The molecule has 0 fully saturated rings. The maximum Gasteiger partial charge on any atom is 0.219 e. The average Bonchev–Trinajstić information content (AvgIpc) is 2.74. The topological polar surface area (TPSA) is 80.5 Å². The maximum absolute atomic E-state index is 4.29. The van der Waals surface area contributed by atoms with E-state index in [1.165, 1.54) is 0 Å². The summed E-state index contributed by atoms with van der Waals surface area (Å²) in [6.45, 7) is 0. The van der Waals surface area contributed by atoms with E-state index >= 15 is 0 Å². The number of H-pyrrole nitrogens is 1. The van der Waals surface area contributed by atoms with Crippen molar-refractivity contribution >= 4 is 12.2 Å². The summed E-state index contributed by atoms with van der Waals surface area (Å²) in [5, 5.41) is 10.3. The summed E-state index contributed by atoms with van der Waals surface area (Å²) in [6.07, 6.45) is 6.77. The molecule has 0 aliphatic carbocycles. The van der Waals surface area contributed by atoms with Gasteiger partial charge in [-0.3, -0.25) is 0 Å². The highest BCUT2D eigenvalue weighted by Crippen LogP contribution is 1.96. The van der Waals surface area contributed by atoms with Crippen LogP contribution in [0.4, 0.5) is 0 Å². The van der Waals surface area contributed by atoms with Gasteiger partial charge in [0.15, 0.2) is 0 Å². The van der Waals surface area contributed by atoms with Crippen LogP contribution in [-0.4, -0.2) is 25.5 Å². The van der Waals surface area contributed by atoms with E-state index in [0.29, 0.717) is 5.82 Å². The van der Waals surface area contributed by atoms with E-state index in [9.17, 15) is 0 Å². The minimum Gasteiger partial charge on any atom is -0.345 e. The van der Waals surface area contributed by atoms with Crippen molar-refractivity contribution in [1.82, 2.24) is 25.5 Å². The van der Waals surface area contributed by atoms with Crippen LogP contribution >= 0.6 is 0 Å². The molecule has 0 saturated heterocycles. The van der Waals surface area contributed by atoms with Crippen LogP contribution in [0.25, 0.3) is 12.2 Å². The highest BCUT2D eigenvalue weighted by atomic mass is 16.6. The molecule has 6 nitrogen and oxygen atoms in total. The van der Waals surface area contributed by atoms with E-state index in [1.807, 2.05) is 0 Å². The average molecular weight is 163 g/mol. The van der Waals surface area contributed by atoms with Crippen LogP contribution in [-0.2, 0) is 0 Å². The van der Waals surface area contributed by atoms with Crippen LogP contribution in [0.1, 0.15) is 11.6 Å². The van der Waals surface area contributed by atoms with Gasteiger partial charge in [-0.2, -0.15) is 0 Å². The number of rotatable bonds is 2. The van der Waals surface area contributed by atoms with Gasteiger partial charge in [-0.15, -0.1) is 0 Å². The molecule has 60 valence electrons. The van der Waals surface area contributed by atoms with Crippen LogP contribution < -0.4 is 0 Å². The molecule has 2 aromatic heterocycles. The second-order valence-electron chi connectivity index (χ2n) is 2.02. The standard InChI is InChI=1S/C6H5N5O/c1(5-7-3-4-8-5)2-6-9-11-12-10-6/h1-4H,(H,7,8)/b2-1+. The van der Waals surface area contributed by atoms with Gasteiger partial charge in [0.05, 0.1) is 5.27 Å². The Bertz CT molecular complexity index is 313. The Morgan fingerprint density at radius 2 is 2.42 bits per heavy atom. The molecule has 0 radical (unpaired) electrons. The Labute approximate surface area is 67.3 Å². The summed E-state index contributed by atoms with van der Waals surface area (Å²) in [7, 11) is 0. The van der Waals surface area contributed by atoms with E-state index in [2.05, 4.69) is 30.1 Å². The molecule has 0 spiro atoms. The lowest BCUT2D eigenvalue weighted by atomic mass is 10.4. The first-order chi connectivity index (χ1) is 5.95. The third-order valence-electron chi connectivity index (χ3n) is 1.22. The molecule has 0 atom stereocenters. The molecule has 2 rings (SSSR count). The van der Waals surface area contributed by atoms with Crippen molar-refractivity contribution in [3.63, 3.8) is 0 Å². The van der Waals surface area contributed by atoms with Crippen LogP contribution in [0.15, 0.2) is 17.0 Å². The van der Waals surface area contributed by atoms with Crippen molar-refractivity contribution in [2.24, 2.45) is 0 Å². The van der Waals surface area contributed by atoms with Crippen LogP contribution in [0.5, 0.6) is 0 Å². The van der Waals surface area contributed by atoms with Gasteiger partial charge in [-0.05, 0) is 17.3 Å². The molecule has 12 heavy (non-hydrogen) atoms. The van der Waals surface area contributed by atoms with E-state index < -0.39 is 0 Å². The quantitative estimate of drug-likeness (QED) is 0.691. The second-order valence-corrected chi connectivity index (χ2v) is 2.02. The summed E-state index contributed by atoms with van der Waals surface area (Å²) in [6, 6.07) is 0. The minimum absolute atomic E-state index is 0.423. The molecule has 0 aliphatic heterocycles. The van der Waals surface area contributed by atoms with Gasteiger partial charge in [-0.25, -0.2) is 9.61 Å². The third-order valence-corrected chi connectivity index (χ3v) is 1.22. The van der Waals surface area contributed by atoms with E-state index in [-0.39, 0.29) is 0 Å². The van der Waals surface area contributed by atoms with Gasteiger partial charge in [-0.1, -0.05) is 5.10 Å². The second kappa shape index (κ2) is 2.95. The van der Waals surface area contributed by atoms with Gasteiger partial charge in [0.25, 0.3) is 0 Å². The number of hydrogen-bond acceptors (Lipinski definition) is 5. The number of nitrogens with zero attached hydrogens (tertiary/aromatic N) is 4. The summed E-state index contributed by atoms with van der Waals surface area (Å²) in [4.78, 5) is 6.86. The first kappa shape index (κ1) is 6.71. The van der Waals surface area contributed by atoms with Crippen molar-refractivity contribution < 1.29 is 4.63 Å². The highest BCUT2D eigenvalue weighted by molar-refractivity contribution is 5.61. The smallest absolute Gasteiger partial charge is 0.219 e. The number of aromatic nitrogens is 5. The monoisotopic (exact) mass is 163 g/mol. The molecule has 0 unspecified atom stereocenters. The number of nitrogens with one attached hydrogen (secondary N) is 1. The summed E-state index contributed by atoms with van der Waals surface area (Å²) in [5.41, 5.74) is 0. The fourth-order valence-corrected chi connectivity index (χ4v) is 0.724. The summed E-state index contributed by atoms with van der Waals surface area (Å²) >= 11 is 0. The zero-order valence-corrected chi connectivity index (χ0v) is 6.01. The minimum atomic E-state index is 0.423. The molecule has 6 heteroatoms. The van der Waals surface area contributed by atoms with E-state index in [0.717, 1.165) is 5.82 Å². The normalized spacial score (nSPS) is 11.0. The SMILES string of the molecule is C(=C\c1ncc[nH]1)/c1nnon1. The van der Waals surface area contributed by atoms with Gasteiger partial charge in [0, 0.05) is 12.4 Å². The molecule has 0 bridgehead atoms. The van der Waals surface area contributed by atoms with E-state index in [4.69, 9.17) is 0 Å². The highest BCUT2D eigenvalue weighted by Gasteiger charge is 1.92. The zero-order valence-electron chi connectivity index (χ0n) is 6.01. The van der Waals surface area contributed by atoms with Crippen molar-refractivity contribution in [1.29, 1.82) is 0 Å². The van der Waals surface area contributed by atoms with Gasteiger partial charge >= 0.3 is 0 Å². The molecule has 0 amide bonds. The number of imidazole rings is 1. The third kappa shape index (κ3) is 1.36. The van der Waals surface area contributed by atoms with Gasteiger partial charge in [0.1, 0.15) is 5.82 Å². The number of aromatic amines is 1. The molecule has 2 aromatic rings. The molecule has 0 aromatic carbocycles. The Morgan fingerprint density at radius 1 is 1.42 bits per heavy atom. The van der Waals surface area contributed by atoms with E-state index in [1.54, 1.807) is 24.5 Å². The first-order valence-electron chi connectivity index (χ1n) is 3.28. The van der Waals surface area contributed by atoms with Crippen molar-refractivity contribution in [3.05, 3.63) is 24.0 Å². The maximum atomic E-state index is 4.29. The lowest BCUT2D eigenvalue weighted by molar-refractivity contribution is 0.292. The predicted molar refractivity (Wildman–Crippen MR) is 39.6 cm³/mol. The zero-order chi connectivity index (χ0) is 8.23. The molecule has 0 aliphatic rings. The Morgan fingerprint density at radius 3 is 3.08 bits per heavy atom.